The number of hydrogen-bond donors (Lipinski definition) is 0. The minimum atomic E-state index is -0.236. The molecule has 1 aliphatic rings. The minimum absolute atomic E-state index is 0.0667. The molecule has 0 N–H and O–H groups in total. The third-order valence-corrected chi connectivity index (χ3v) is 4.05. The van der Waals surface area contributed by atoms with Gasteiger partial charge in [0.25, 0.3) is 0 Å². The highest BCUT2D eigenvalue weighted by atomic mass is 19.1. The number of anilines is 1. The van der Waals surface area contributed by atoms with Gasteiger partial charge in [0.2, 0.25) is 0 Å². The average molecular weight is 263 g/mol. The molecule has 0 bridgehead atoms. The molecule has 1 atom stereocenters. The number of rotatable bonds is 3. The molecule has 1 aromatic rings. The monoisotopic (exact) mass is 263 g/mol. The van der Waals surface area contributed by atoms with Gasteiger partial charge < -0.3 is 4.90 Å². The number of Topliss-reactive ketones (excluding diaryl/α,β-unsaturated/α-hetero) is 1. The molecule has 2 nitrogen and oxygen atoms in total. The van der Waals surface area contributed by atoms with Gasteiger partial charge in [-0.15, -0.1) is 0 Å². The van der Waals surface area contributed by atoms with Crippen LogP contribution in [-0.2, 0) is 4.79 Å². The Morgan fingerprint density at radius 1 is 1.42 bits per heavy atom. The van der Waals surface area contributed by atoms with E-state index < -0.39 is 0 Å². The van der Waals surface area contributed by atoms with Crippen molar-refractivity contribution in [2.45, 2.75) is 33.1 Å². The first-order valence-electron chi connectivity index (χ1n) is 6.87. The molecular formula is C16H22FNO. The molecule has 3 heteroatoms. The van der Waals surface area contributed by atoms with Crippen LogP contribution in [0.15, 0.2) is 24.3 Å². The standard InChI is InChI=1S/C16H22FNO/c1-16(2)8-7-15(19)12(10-16)11-18(3)14-6-4-5-13(17)9-14/h4-6,9,12H,7-8,10-11H2,1-3H3. The van der Waals surface area contributed by atoms with Crippen molar-refractivity contribution in [3.05, 3.63) is 30.1 Å². The van der Waals surface area contributed by atoms with Crippen molar-refractivity contribution in [3.8, 4) is 0 Å². The van der Waals surface area contributed by atoms with Crippen molar-refractivity contribution in [2.75, 3.05) is 18.5 Å². The van der Waals surface area contributed by atoms with Crippen molar-refractivity contribution in [1.29, 1.82) is 0 Å². The number of carbonyl (C=O) groups excluding carboxylic acids is 1. The molecule has 0 aliphatic heterocycles. The fourth-order valence-corrected chi connectivity index (χ4v) is 2.86. The zero-order valence-corrected chi connectivity index (χ0v) is 11.9. The van der Waals surface area contributed by atoms with E-state index in [0.29, 0.717) is 18.7 Å². The summed E-state index contributed by atoms with van der Waals surface area (Å²) in [6.45, 7) is 5.11. The largest absolute Gasteiger partial charge is 0.374 e. The van der Waals surface area contributed by atoms with Gasteiger partial charge in [0, 0.05) is 31.6 Å². The fourth-order valence-electron chi connectivity index (χ4n) is 2.86. The molecule has 0 amide bonds. The minimum Gasteiger partial charge on any atom is -0.374 e. The molecule has 1 aromatic carbocycles. The Hall–Kier alpha value is -1.38. The van der Waals surface area contributed by atoms with Crippen LogP contribution < -0.4 is 4.90 Å². The maximum absolute atomic E-state index is 13.2. The molecule has 2 rings (SSSR count). The van der Waals surface area contributed by atoms with Crippen molar-refractivity contribution in [2.24, 2.45) is 11.3 Å². The summed E-state index contributed by atoms with van der Waals surface area (Å²) in [7, 11) is 1.92. The Morgan fingerprint density at radius 2 is 2.16 bits per heavy atom. The van der Waals surface area contributed by atoms with Crippen LogP contribution in [0.25, 0.3) is 0 Å². The average Bonchev–Trinajstić information content (AvgIpc) is 2.33. The first kappa shape index (κ1) is 14.0. The van der Waals surface area contributed by atoms with Crippen LogP contribution in [0.1, 0.15) is 33.1 Å². The highest BCUT2D eigenvalue weighted by molar-refractivity contribution is 5.82. The smallest absolute Gasteiger partial charge is 0.137 e. The summed E-state index contributed by atoms with van der Waals surface area (Å²) in [4.78, 5) is 14.0. The summed E-state index contributed by atoms with van der Waals surface area (Å²) in [5.74, 6) is 0.180. The van der Waals surface area contributed by atoms with E-state index in [2.05, 4.69) is 13.8 Å². The molecule has 0 spiro atoms. The molecule has 104 valence electrons. The number of hydrogen-bond acceptors (Lipinski definition) is 2. The Kier molecular flexibility index (Phi) is 3.93. The summed E-state index contributed by atoms with van der Waals surface area (Å²) in [5.41, 5.74) is 1.07. The van der Waals surface area contributed by atoms with Crippen LogP contribution in [0.2, 0.25) is 0 Å². The zero-order chi connectivity index (χ0) is 14.0. The summed E-state index contributed by atoms with van der Waals surface area (Å²) < 4.78 is 13.2. The van der Waals surface area contributed by atoms with Gasteiger partial charge in [-0.3, -0.25) is 4.79 Å². The topological polar surface area (TPSA) is 20.3 Å². The molecular weight excluding hydrogens is 241 g/mol. The first-order chi connectivity index (χ1) is 8.87. The number of halogens is 1. The van der Waals surface area contributed by atoms with Crippen molar-refractivity contribution in [1.82, 2.24) is 0 Å². The van der Waals surface area contributed by atoms with Gasteiger partial charge in [0.05, 0.1) is 0 Å². The predicted molar refractivity (Wildman–Crippen MR) is 75.8 cm³/mol. The third kappa shape index (κ3) is 3.55. The Bertz CT molecular complexity index is 470. The van der Waals surface area contributed by atoms with E-state index in [-0.39, 0.29) is 17.2 Å². The second-order valence-electron chi connectivity index (χ2n) is 6.39. The molecule has 1 fully saturated rings. The normalized spacial score (nSPS) is 22.3. The maximum Gasteiger partial charge on any atom is 0.137 e. The lowest BCUT2D eigenvalue weighted by molar-refractivity contribution is -0.126. The van der Waals surface area contributed by atoms with Gasteiger partial charge in [-0.05, 0) is 36.5 Å². The molecule has 0 saturated heterocycles. The first-order valence-corrected chi connectivity index (χ1v) is 6.87. The summed E-state index contributed by atoms with van der Waals surface area (Å²) in [6.07, 6.45) is 2.58. The van der Waals surface area contributed by atoms with Crippen LogP contribution in [0.5, 0.6) is 0 Å². The number of carbonyl (C=O) groups is 1. The second kappa shape index (κ2) is 5.32. The van der Waals surface area contributed by atoms with Gasteiger partial charge in [-0.2, -0.15) is 0 Å². The van der Waals surface area contributed by atoms with E-state index in [0.717, 1.165) is 18.5 Å². The van der Waals surface area contributed by atoms with Gasteiger partial charge in [-0.25, -0.2) is 4.39 Å². The lowest BCUT2D eigenvalue weighted by Crippen LogP contribution is -2.37. The highest BCUT2D eigenvalue weighted by Gasteiger charge is 2.34. The molecule has 19 heavy (non-hydrogen) atoms. The third-order valence-electron chi connectivity index (χ3n) is 4.05. The number of ketones is 1. The van der Waals surface area contributed by atoms with Crippen molar-refractivity contribution < 1.29 is 9.18 Å². The van der Waals surface area contributed by atoms with Crippen LogP contribution in [0.4, 0.5) is 10.1 Å². The van der Waals surface area contributed by atoms with Gasteiger partial charge in [0.1, 0.15) is 11.6 Å². The molecule has 1 aliphatic carbocycles. The van der Waals surface area contributed by atoms with Crippen LogP contribution in [-0.4, -0.2) is 19.4 Å². The molecule has 0 aromatic heterocycles. The molecule has 1 unspecified atom stereocenters. The van der Waals surface area contributed by atoms with Gasteiger partial charge in [-0.1, -0.05) is 19.9 Å². The maximum atomic E-state index is 13.2. The number of nitrogens with zero attached hydrogens (tertiary/aromatic N) is 1. The lowest BCUT2D eigenvalue weighted by Gasteiger charge is -2.36. The van der Waals surface area contributed by atoms with Crippen LogP contribution in [0, 0.1) is 17.2 Å². The van der Waals surface area contributed by atoms with Crippen molar-refractivity contribution >= 4 is 11.5 Å². The number of benzene rings is 1. The second-order valence-corrected chi connectivity index (χ2v) is 6.39. The Morgan fingerprint density at radius 3 is 2.84 bits per heavy atom. The highest BCUT2D eigenvalue weighted by Crippen LogP contribution is 2.37. The van der Waals surface area contributed by atoms with Crippen LogP contribution in [0.3, 0.4) is 0 Å². The van der Waals surface area contributed by atoms with E-state index in [9.17, 15) is 9.18 Å². The Balaban J connectivity index is 2.05. The SMILES string of the molecule is CN(CC1CC(C)(C)CCC1=O)c1cccc(F)c1. The van der Waals surface area contributed by atoms with E-state index >= 15 is 0 Å². The van der Waals surface area contributed by atoms with Crippen LogP contribution >= 0.6 is 0 Å². The molecule has 0 heterocycles. The van der Waals surface area contributed by atoms with Crippen molar-refractivity contribution in [3.63, 3.8) is 0 Å². The summed E-state index contributed by atoms with van der Waals surface area (Å²) in [5, 5.41) is 0. The summed E-state index contributed by atoms with van der Waals surface area (Å²) in [6, 6.07) is 6.53. The molecule has 1 saturated carbocycles. The van der Waals surface area contributed by atoms with E-state index in [4.69, 9.17) is 0 Å². The quantitative estimate of drug-likeness (QED) is 0.829. The predicted octanol–water partition coefficient (Wildman–Crippen LogP) is 3.66. The zero-order valence-electron chi connectivity index (χ0n) is 11.9. The van der Waals surface area contributed by atoms with Gasteiger partial charge >= 0.3 is 0 Å². The van der Waals surface area contributed by atoms with E-state index in [1.807, 2.05) is 18.0 Å². The van der Waals surface area contributed by atoms with Gasteiger partial charge in [0.15, 0.2) is 0 Å². The Labute approximate surface area is 114 Å². The lowest BCUT2D eigenvalue weighted by atomic mass is 9.71. The van der Waals surface area contributed by atoms with E-state index in [1.165, 1.54) is 12.1 Å². The summed E-state index contributed by atoms with van der Waals surface area (Å²) >= 11 is 0. The van der Waals surface area contributed by atoms with E-state index in [1.54, 1.807) is 6.07 Å². The fraction of sp³-hybridized carbons (Fsp3) is 0.562. The molecule has 0 radical (unpaired) electrons.